The van der Waals surface area contributed by atoms with E-state index >= 15 is 0 Å². The van der Waals surface area contributed by atoms with E-state index < -0.39 is 0 Å². The average Bonchev–Trinajstić information content (AvgIpc) is 3.78. The summed E-state index contributed by atoms with van der Waals surface area (Å²) in [5.74, 6) is 0. The minimum Gasteiger partial charge on any atom is -0.309 e. The fraction of sp³-hybridized carbons (Fsp3) is 0. The van der Waals surface area contributed by atoms with Gasteiger partial charge in [0, 0.05) is 49.4 Å². The van der Waals surface area contributed by atoms with E-state index in [-0.39, 0.29) is 0 Å². The van der Waals surface area contributed by atoms with Crippen LogP contribution in [0, 0.1) is 0 Å². The first kappa shape index (κ1) is 30.9. The number of hydrogen-bond acceptors (Lipinski definition) is 2. The molecule has 0 saturated heterocycles. The van der Waals surface area contributed by atoms with Crippen molar-refractivity contribution in [2.75, 3.05) is 0 Å². The Morgan fingerprint density at radius 1 is 0.321 bits per heavy atom. The third-order valence-corrected chi connectivity index (χ3v) is 11.5. The van der Waals surface area contributed by atoms with Crippen molar-refractivity contribution in [1.82, 2.24) is 19.1 Å². The second-order valence-electron chi connectivity index (χ2n) is 14.6. The topological polar surface area (TPSA) is 35.6 Å². The van der Waals surface area contributed by atoms with Crippen molar-refractivity contribution in [3.05, 3.63) is 194 Å². The molecular weight excluding hydrogens is 681 g/mol. The Kier molecular flexibility index (Phi) is 6.60. The van der Waals surface area contributed by atoms with Gasteiger partial charge in [0.1, 0.15) is 0 Å². The predicted octanol–water partition coefficient (Wildman–Crippen LogP) is 13.5. The molecule has 12 aromatic rings. The van der Waals surface area contributed by atoms with Crippen LogP contribution in [0.5, 0.6) is 0 Å². The lowest BCUT2D eigenvalue weighted by molar-refractivity contribution is 1.17. The quantitative estimate of drug-likeness (QED) is 0.170. The van der Waals surface area contributed by atoms with Gasteiger partial charge in [-0.15, -0.1) is 0 Å². The molecule has 3 aromatic heterocycles. The Bertz CT molecular complexity index is 3470. The Labute approximate surface area is 322 Å². The van der Waals surface area contributed by atoms with Gasteiger partial charge in [-0.05, 0) is 70.8 Å². The van der Waals surface area contributed by atoms with Crippen LogP contribution >= 0.6 is 0 Å². The first-order valence-corrected chi connectivity index (χ1v) is 19.1. The summed E-state index contributed by atoms with van der Waals surface area (Å²) in [7, 11) is 0. The van der Waals surface area contributed by atoms with Gasteiger partial charge < -0.3 is 9.13 Å². The van der Waals surface area contributed by atoms with Gasteiger partial charge in [-0.3, -0.25) is 0 Å². The standard InChI is InChI=1S/C52H32N4/c1-3-13-35(14-4-1)50-51(36-15-5-2-6-16-36)54-52-44(53-50)29-26-34-24-23-33-25-27-37(31-42(33)49(34)52)56-47-22-12-9-19-41(47)43-32-38(28-30-48(43)56)55-45-20-10-7-17-39(45)40-18-8-11-21-46(40)55/h1-32H. The van der Waals surface area contributed by atoms with Crippen LogP contribution in [0.1, 0.15) is 0 Å². The summed E-state index contributed by atoms with van der Waals surface area (Å²) in [4.78, 5) is 10.8. The summed E-state index contributed by atoms with van der Waals surface area (Å²) in [6.45, 7) is 0. The van der Waals surface area contributed by atoms with Gasteiger partial charge in [0.25, 0.3) is 0 Å². The van der Waals surface area contributed by atoms with E-state index in [1.54, 1.807) is 0 Å². The second-order valence-corrected chi connectivity index (χ2v) is 14.6. The summed E-state index contributed by atoms with van der Waals surface area (Å²) in [6, 6.07) is 69.5. The molecule has 56 heavy (non-hydrogen) atoms. The second kappa shape index (κ2) is 12.0. The van der Waals surface area contributed by atoms with Crippen molar-refractivity contribution in [2.45, 2.75) is 0 Å². The highest BCUT2D eigenvalue weighted by atomic mass is 15.0. The molecule has 0 fully saturated rings. The van der Waals surface area contributed by atoms with Crippen LogP contribution in [0.4, 0.5) is 0 Å². The van der Waals surface area contributed by atoms with Gasteiger partial charge >= 0.3 is 0 Å². The molecule has 9 aromatic carbocycles. The van der Waals surface area contributed by atoms with Crippen molar-refractivity contribution >= 4 is 76.2 Å². The fourth-order valence-corrected chi connectivity index (χ4v) is 8.96. The van der Waals surface area contributed by atoms with Crippen LogP contribution in [0.2, 0.25) is 0 Å². The van der Waals surface area contributed by atoms with E-state index in [4.69, 9.17) is 9.97 Å². The lowest BCUT2D eigenvalue weighted by atomic mass is 9.98. The molecule has 0 radical (unpaired) electrons. The van der Waals surface area contributed by atoms with Crippen LogP contribution in [0.25, 0.3) is 110 Å². The van der Waals surface area contributed by atoms with E-state index in [0.717, 1.165) is 61.1 Å². The molecule has 0 atom stereocenters. The smallest absolute Gasteiger partial charge is 0.0979 e. The molecule has 0 unspecified atom stereocenters. The minimum atomic E-state index is 0.878. The molecule has 0 spiro atoms. The van der Waals surface area contributed by atoms with Gasteiger partial charge in [0.15, 0.2) is 0 Å². The summed E-state index contributed by atoms with van der Waals surface area (Å²) in [5.41, 5.74) is 12.7. The van der Waals surface area contributed by atoms with Gasteiger partial charge in [0.05, 0.1) is 44.5 Å². The first-order valence-electron chi connectivity index (χ1n) is 19.1. The number of para-hydroxylation sites is 3. The highest BCUT2D eigenvalue weighted by Gasteiger charge is 2.19. The van der Waals surface area contributed by atoms with E-state index in [0.29, 0.717) is 0 Å². The summed E-state index contributed by atoms with van der Waals surface area (Å²) in [5, 5.41) is 9.53. The number of fused-ring (bicyclic) bond motifs is 11. The van der Waals surface area contributed by atoms with E-state index in [9.17, 15) is 0 Å². The van der Waals surface area contributed by atoms with Gasteiger partial charge in [-0.1, -0.05) is 140 Å². The maximum absolute atomic E-state index is 5.50. The summed E-state index contributed by atoms with van der Waals surface area (Å²) in [6.07, 6.45) is 0. The van der Waals surface area contributed by atoms with Crippen LogP contribution < -0.4 is 0 Å². The predicted molar refractivity (Wildman–Crippen MR) is 234 cm³/mol. The lowest BCUT2D eigenvalue weighted by Crippen LogP contribution is -1.97. The monoisotopic (exact) mass is 712 g/mol. The van der Waals surface area contributed by atoms with Crippen molar-refractivity contribution in [3.63, 3.8) is 0 Å². The molecule has 4 nitrogen and oxygen atoms in total. The Morgan fingerprint density at radius 3 is 1.39 bits per heavy atom. The van der Waals surface area contributed by atoms with E-state index in [1.165, 1.54) is 49.0 Å². The molecule has 3 heterocycles. The third-order valence-electron chi connectivity index (χ3n) is 11.5. The molecule has 12 rings (SSSR count). The third kappa shape index (κ3) is 4.53. The average molecular weight is 713 g/mol. The van der Waals surface area contributed by atoms with Crippen LogP contribution in [0.3, 0.4) is 0 Å². The number of rotatable bonds is 4. The van der Waals surface area contributed by atoms with Crippen molar-refractivity contribution in [3.8, 4) is 33.9 Å². The fourth-order valence-electron chi connectivity index (χ4n) is 8.96. The number of nitrogens with zero attached hydrogens (tertiary/aromatic N) is 4. The molecule has 0 bridgehead atoms. The highest BCUT2D eigenvalue weighted by molar-refractivity contribution is 6.20. The van der Waals surface area contributed by atoms with Gasteiger partial charge in [-0.25, -0.2) is 9.97 Å². The molecule has 260 valence electrons. The molecular formula is C52H32N4. The SMILES string of the molecule is c1ccc(-c2nc3ccc4ccc5ccc(-n6c7ccccc7c7cc(-n8c9ccccc9c9ccccc98)ccc76)cc5c4c3nc2-c2ccccc2)cc1. The Morgan fingerprint density at radius 2 is 0.768 bits per heavy atom. The van der Waals surface area contributed by atoms with Crippen LogP contribution in [-0.4, -0.2) is 19.1 Å². The maximum Gasteiger partial charge on any atom is 0.0979 e. The number of aromatic nitrogens is 4. The highest BCUT2D eigenvalue weighted by Crippen LogP contribution is 2.40. The van der Waals surface area contributed by atoms with Crippen molar-refractivity contribution in [2.24, 2.45) is 0 Å². The van der Waals surface area contributed by atoms with Crippen molar-refractivity contribution < 1.29 is 0 Å². The van der Waals surface area contributed by atoms with Crippen LogP contribution in [0.15, 0.2) is 194 Å². The normalized spacial score (nSPS) is 11.9. The van der Waals surface area contributed by atoms with Gasteiger partial charge in [-0.2, -0.15) is 0 Å². The van der Waals surface area contributed by atoms with Gasteiger partial charge in [0.2, 0.25) is 0 Å². The largest absolute Gasteiger partial charge is 0.309 e. The Balaban J connectivity index is 1.11. The van der Waals surface area contributed by atoms with E-state index in [1.807, 2.05) is 12.1 Å². The lowest BCUT2D eigenvalue weighted by Gasteiger charge is -2.14. The zero-order chi connectivity index (χ0) is 36.7. The molecule has 0 aliphatic rings. The first-order chi connectivity index (χ1) is 27.8. The molecule has 0 N–H and O–H groups in total. The Hall–Kier alpha value is -7.56. The summed E-state index contributed by atoms with van der Waals surface area (Å²) >= 11 is 0. The molecule has 0 aliphatic heterocycles. The number of benzene rings is 9. The zero-order valence-corrected chi connectivity index (χ0v) is 30.3. The molecule has 0 saturated carbocycles. The minimum absolute atomic E-state index is 0.878. The van der Waals surface area contributed by atoms with E-state index in [2.05, 4.69) is 191 Å². The molecule has 4 heteroatoms. The van der Waals surface area contributed by atoms with Crippen molar-refractivity contribution in [1.29, 1.82) is 0 Å². The number of hydrogen-bond donors (Lipinski definition) is 0. The molecule has 0 aliphatic carbocycles. The zero-order valence-electron chi connectivity index (χ0n) is 30.3. The van der Waals surface area contributed by atoms with Crippen LogP contribution in [-0.2, 0) is 0 Å². The maximum atomic E-state index is 5.50. The molecule has 0 amide bonds. The summed E-state index contributed by atoms with van der Waals surface area (Å²) < 4.78 is 4.82.